The number of pyridine rings is 1. The van der Waals surface area contributed by atoms with E-state index in [1.807, 2.05) is 37.2 Å². The average Bonchev–Trinajstić information content (AvgIpc) is 3.30. The van der Waals surface area contributed by atoms with Crippen LogP contribution in [0.3, 0.4) is 0 Å². The lowest BCUT2D eigenvalue weighted by Gasteiger charge is -2.18. The highest BCUT2D eigenvalue weighted by Gasteiger charge is 2.34. The molecular formula is C27H29FN6O5. The number of para-hydroxylation sites is 1. The highest BCUT2D eigenvalue weighted by Crippen LogP contribution is 2.28. The van der Waals surface area contributed by atoms with Gasteiger partial charge in [-0.1, -0.05) is 18.2 Å². The van der Waals surface area contributed by atoms with Crippen LogP contribution in [0, 0.1) is 5.82 Å². The molecule has 1 aliphatic rings. The zero-order chi connectivity index (χ0) is 27.8. The number of amides is 5. The minimum absolute atomic E-state index is 0.107. The Balaban J connectivity index is 1.32. The van der Waals surface area contributed by atoms with E-state index < -0.39 is 24.0 Å². The van der Waals surface area contributed by atoms with Gasteiger partial charge in [-0.3, -0.25) is 10.2 Å². The Labute approximate surface area is 225 Å². The molecule has 5 amide bonds. The van der Waals surface area contributed by atoms with Crippen LogP contribution in [-0.2, 0) is 4.74 Å². The summed E-state index contributed by atoms with van der Waals surface area (Å²) in [6, 6.07) is 14.7. The summed E-state index contributed by atoms with van der Waals surface area (Å²) in [5.41, 5.74) is 0.849. The molecule has 4 rings (SSSR count). The molecule has 0 atom stereocenters. The van der Waals surface area contributed by atoms with Crippen LogP contribution in [0.1, 0.15) is 6.42 Å². The van der Waals surface area contributed by atoms with Crippen LogP contribution < -0.4 is 20.3 Å². The summed E-state index contributed by atoms with van der Waals surface area (Å²) in [4.78, 5) is 45.9. The number of carbonyl (C=O) groups is 3. The van der Waals surface area contributed by atoms with Crippen LogP contribution in [0.4, 0.5) is 36.0 Å². The van der Waals surface area contributed by atoms with Crippen molar-refractivity contribution in [3.8, 4) is 11.5 Å². The maximum atomic E-state index is 14.8. The molecule has 2 N–H and O–H groups in total. The Bertz CT molecular complexity index is 1320. The SMILES string of the molecule is CN(C)CCCOC(=O)Nc1cc(Oc2ccc(NC(=O)N3CCN(c4ccccc4)C3=O)cc2F)ccn1. The number of halogens is 1. The number of carbonyl (C=O) groups excluding carboxylic acids is 3. The standard InChI is InChI=1S/C27H29FN6O5/c1-32(2)13-6-16-38-26(36)31-24-18-21(11-12-29-24)39-23-10-9-19(17-22(23)28)30-25(35)34-15-14-33(27(34)37)20-7-4-3-5-8-20/h3-5,7-12,17-18H,6,13-16H2,1-2H3,(H,30,35)(H,29,31,36). The van der Waals surface area contributed by atoms with Crippen molar-refractivity contribution in [3.63, 3.8) is 0 Å². The first-order chi connectivity index (χ1) is 18.8. The third-order valence-corrected chi connectivity index (χ3v) is 5.68. The first kappa shape index (κ1) is 27.3. The summed E-state index contributed by atoms with van der Waals surface area (Å²) in [6.45, 7) is 1.59. The van der Waals surface area contributed by atoms with Gasteiger partial charge in [0.25, 0.3) is 0 Å². The highest BCUT2D eigenvalue weighted by atomic mass is 19.1. The number of rotatable bonds is 9. The van der Waals surface area contributed by atoms with Crippen molar-refractivity contribution in [1.29, 1.82) is 0 Å². The number of urea groups is 2. The van der Waals surface area contributed by atoms with Crippen molar-refractivity contribution in [2.24, 2.45) is 0 Å². The van der Waals surface area contributed by atoms with Gasteiger partial charge in [-0.2, -0.15) is 0 Å². The van der Waals surface area contributed by atoms with Gasteiger partial charge in [-0.25, -0.2) is 28.7 Å². The monoisotopic (exact) mass is 536 g/mol. The van der Waals surface area contributed by atoms with Gasteiger partial charge in [-0.15, -0.1) is 0 Å². The number of imide groups is 1. The maximum absolute atomic E-state index is 14.8. The molecule has 12 heteroatoms. The number of hydrogen-bond acceptors (Lipinski definition) is 7. The normalized spacial score (nSPS) is 13.0. The Morgan fingerprint density at radius 1 is 1.05 bits per heavy atom. The molecule has 1 aromatic heterocycles. The molecule has 0 radical (unpaired) electrons. The van der Waals surface area contributed by atoms with Crippen molar-refractivity contribution < 1.29 is 28.2 Å². The van der Waals surface area contributed by atoms with E-state index in [0.717, 1.165) is 17.5 Å². The number of anilines is 3. The van der Waals surface area contributed by atoms with E-state index in [2.05, 4.69) is 15.6 Å². The van der Waals surface area contributed by atoms with Gasteiger partial charge < -0.3 is 19.7 Å². The van der Waals surface area contributed by atoms with Crippen molar-refractivity contribution in [3.05, 3.63) is 72.7 Å². The molecule has 2 aromatic carbocycles. The fourth-order valence-electron chi connectivity index (χ4n) is 3.78. The van der Waals surface area contributed by atoms with Crippen molar-refractivity contribution in [2.45, 2.75) is 6.42 Å². The number of aromatic nitrogens is 1. The van der Waals surface area contributed by atoms with Crippen molar-refractivity contribution in [1.82, 2.24) is 14.8 Å². The smallest absolute Gasteiger partial charge is 0.412 e. The summed E-state index contributed by atoms with van der Waals surface area (Å²) >= 11 is 0. The predicted octanol–water partition coefficient (Wildman–Crippen LogP) is 4.99. The fourth-order valence-corrected chi connectivity index (χ4v) is 3.78. The van der Waals surface area contributed by atoms with Gasteiger partial charge >= 0.3 is 18.2 Å². The van der Waals surface area contributed by atoms with E-state index in [0.29, 0.717) is 18.7 Å². The zero-order valence-corrected chi connectivity index (χ0v) is 21.6. The molecule has 2 heterocycles. The Kier molecular flexibility index (Phi) is 8.90. The van der Waals surface area contributed by atoms with Gasteiger partial charge in [0.2, 0.25) is 0 Å². The number of nitrogens with one attached hydrogen (secondary N) is 2. The predicted molar refractivity (Wildman–Crippen MR) is 144 cm³/mol. The van der Waals surface area contributed by atoms with Crippen molar-refractivity contribution >= 4 is 35.3 Å². The third-order valence-electron chi connectivity index (χ3n) is 5.68. The minimum Gasteiger partial charge on any atom is -0.454 e. The van der Waals surface area contributed by atoms with E-state index in [4.69, 9.17) is 9.47 Å². The molecule has 3 aromatic rings. The number of benzene rings is 2. The topological polar surface area (TPSA) is 116 Å². The second-order valence-electron chi connectivity index (χ2n) is 8.89. The van der Waals surface area contributed by atoms with Crippen LogP contribution in [-0.4, -0.2) is 73.3 Å². The molecule has 1 saturated heterocycles. The molecule has 0 aliphatic carbocycles. The van der Waals surface area contributed by atoms with E-state index in [1.54, 1.807) is 12.1 Å². The molecule has 0 unspecified atom stereocenters. The summed E-state index contributed by atoms with van der Waals surface area (Å²) < 4.78 is 25.5. The second-order valence-corrected chi connectivity index (χ2v) is 8.89. The Morgan fingerprint density at radius 2 is 1.85 bits per heavy atom. The number of ether oxygens (including phenoxy) is 2. The first-order valence-electron chi connectivity index (χ1n) is 12.3. The molecule has 11 nitrogen and oxygen atoms in total. The lowest BCUT2D eigenvalue weighted by atomic mass is 10.3. The van der Waals surface area contributed by atoms with E-state index in [-0.39, 0.29) is 36.2 Å². The van der Waals surface area contributed by atoms with E-state index in [9.17, 15) is 18.8 Å². The summed E-state index contributed by atoms with van der Waals surface area (Å²) in [7, 11) is 3.86. The lowest BCUT2D eigenvalue weighted by Crippen LogP contribution is -2.39. The van der Waals surface area contributed by atoms with Crippen molar-refractivity contribution in [2.75, 3.05) is 55.9 Å². The Hall–Kier alpha value is -4.71. The molecular weight excluding hydrogens is 507 g/mol. The second kappa shape index (κ2) is 12.7. The number of hydrogen-bond donors (Lipinski definition) is 2. The van der Waals surface area contributed by atoms with Crippen LogP contribution in [0.25, 0.3) is 0 Å². The highest BCUT2D eigenvalue weighted by molar-refractivity contribution is 6.08. The van der Waals surface area contributed by atoms with E-state index in [1.165, 1.54) is 35.4 Å². The minimum atomic E-state index is -0.738. The van der Waals surface area contributed by atoms with Crippen LogP contribution >= 0.6 is 0 Å². The Morgan fingerprint density at radius 3 is 2.59 bits per heavy atom. The van der Waals surface area contributed by atoms with Gasteiger partial charge in [0.15, 0.2) is 11.6 Å². The van der Waals surface area contributed by atoms with Crippen LogP contribution in [0.5, 0.6) is 11.5 Å². The molecule has 0 bridgehead atoms. The molecule has 0 spiro atoms. The quantitative estimate of drug-likeness (QED) is 0.370. The molecule has 39 heavy (non-hydrogen) atoms. The van der Waals surface area contributed by atoms with Crippen LogP contribution in [0.2, 0.25) is 0 Å². The third kappa shape index (κ3) is 7.42. The first-order valence-corrected chi connectivity index (χ1v) is 12.3. The van der Waals surface area contributed by atoms with Gasteiger partial charge in [0, 0.05) is 42.8 Å². The van der Waals surface area contributed by atoms with Gasteiger partial charge in [-0.05, 0) is 50.8 Å². The summed E-state index contributed by atoms with van der Waals surface area (Å²) in [5.74, 6) is -0.441. The average molecular weight is 537 g/mol. The molecule has 1 aliphatic heterocycles. The van der Waals surface area contributed by atoms with Crippen LogP contribution in [0.15, 0.2) is 66.9 Å². The largest absolute Gasteiger partial charge is 0.454 e. The van der Waals surface area contributed by atoms with E-state index >= 15 is 0 Å². The molecule has 1 fully saturated rings. The summed E-state index contributed by atoms with van der Waals surface area (Å²) in [6.07, 6.45) is 1.43. The van der Waals surface area contributed by atoms with Gasteiger partial charge in [0.1, 0.15) is 11.6 Å². The maximum Gasteiger partial charge on any atom is 0.412 e. The zero-order valence-electron chi connectivity index (χ0n) is 21.6. The lowest BCUT2D eigenvalue weighted by molar-refractivity contribution is 0.156. The fraction of sp³-hybridized carbons (Fsp3) is 0.259. The van der Waals surface area contributed by atoms with Gasteiger partial charge in [0.05, 0.1) is 13.2 Å². The molecule has 0 saturated carbocycles. The summed E-state index contributed by atoms with van der Waals surface area (Å²) in [5, 5.41) is 5.05. The molecule has 204 valence electrons. The number of nitrogens with zero attached hydrogens (tertiary/aromatic N) is 4.